The fraction of sp³-hybridized carbons (Fsp3) is 0.143. The molecule has 0 atom stereocenters. The van der Waals surface area contributed by atoms with E-state index in [1.54, 1.807) is 12.1 Å². The summed E-state index contributed by atoms with van der Waals surface area (Å²) in [5, 5.41) is 0. The molecule has 0 bridgehead atoms. The first-order valence-electron chi connectivity index (χ1n) is 10.7. The molecule has 3 aromatic carbocycles. The van der Waals surface area contributed by atoms with Gasteiger partial charge in [-0.2, -0.15) is 0 Å². The van der Waals surface area contributed by atoms with Crippen LogP contribution in [0.25, 0.3) is 16.8 Å². The molecule has 0 unspecified atom stereocenters. The molecule has 1 aromatic heterocycles. The second kappa shape index (κ2) is 7.97. The molecular formula is C28H23NO3. The van der Waals surface area contributed by atoms with Gasteiger partial charge in [-0.05, 0) is 85.0 Å². The van der Waals surface area contributed by atoms with Crippen LogP contribution < -0.4 is 0 Å². The summed E-state index contributed by atoms with van der Waals surface area (Å²) in [6.07, 6.45) is 0.882. The summed E-state index contributed by atoms with van der Waals surface area (Å²) in [6.45, 7) is 3.80. The van der Waals surface area contributed by atoms with Crippen LogP contribution in [0, 0.1) is 13.8 Å². The normalized spacial score (nSPS) is 11.7. The summed E-state index contributed by atoms with van der Waals surface area (Å²) in [5.41, 5.74) is 8.96. The Balaban J connectivity index is 1.27. The molecule has 1 aliphatic rings. The van der Waals surface area contributed by atoms with E-state index in [1.807, 2.05) is 56.3 Å². The van der Waals surface area contributed by atoms with Gasteiger partial charge in [0.25, 0.3) is 0 Å². The molecule has 0 saturated heterocycles. The number of rotatable bonds is 5. The van der Waals surface area contributed by atoms with Crippen LogP contribution in [0.2, 0.25) is 0 Å². The van der Waals surface area contributed by atoms with Crippen LogP contribution >= 0.6 is 0 Å². The van der Waals surface area contributed by atoms with Gasteiger partial charge >= 0.3 is 5.97 Å². The molecule has 4 nitrogen and oxygen atoms in total. The summed E-state index contributed by atoms with van der Waals surface area (Å²) in [5.74, 6) is -0.710. The molecule has 4 heteroatoms. The van der Waals surface area contributed by atoms with E-state index in [4.69, 9.17) is 4.74 Å². The van der Waals surface area contributed by atoms with Crippen LogP contribution in [0.4, 0.5) is 0 Å². The average molecular weight is 421 g/mol. The third-order valence-electron chi connectivity index (χ3n) is 6.09. The van der Waals surface area contributed by atoms with E-state index in [1.165, 1.54) is 16.7 Å². The first-order valence-corrected chi connectivity index (χ1v) is 10.7. The van der Waals surface area contributed by atoms with E-state index in [0.717, 1.165) is 29.1 Å². The largest absolute Gasteiger partial charge is 0.454 e. The molecule has 5 rings (SSSR count). The molecule has 4 aromatic rings. The molecule has 0 saturated carbocycles. The van der Waals surface area contributed by atoms with Gasteiger partial charge in [0, 0.05) is 22.6 Å². The summed E-state index contributed by atoms with van der Waals surface area (Å²) in [6, 6.07) is 25.3. The van der Waals surface area contributed by atoms with Crippen LogP contribution in [-0.2, 0) is 11.2 Å². The van der Waals surface area contributed by atoms with Gasteiger partial charge in [-0.25, -0.2) is 4.79 Å². The van der Waals surface area contributed by atoms with Crippen LogP contribution in [0.15, 0.2) is 78.9 Å². The smallest absolute Gasteiger partial charge is 0.338 e. The van der Waals surface area contributed by atoms with Crippen molar-refractivity contribution in [1.82, 2.24) is 4.57 Å². The molecule has 0 fully saturated rings. The fourth-order valence-corrected chi connectivity index (χ4v) is 4.42. The second-order valence-corrected chi connectivity index (χ2v) is 8.20. The van der Waals surface area contributed by atoms with E-state index in [0.29, 0.717) is 11.1 Å². The summed E-state index contributed by atoms with van der Waals surface area (Å²) < 4.78 is 7.43. The SMILES string of the molecule is Cc1ccc(C)n1-c1ccc(C(=O)OCC(=O)c2ccc3c(c2)-c2ccccc2C3)cc1. The maximum atomic E-state index is 12.7. The average Bonchev–Trinajstić information content (AvgIpc) is 3.36. The number of esters is 1. The van der Waals surface area contributed by atoms with E-state index >= 15 is 0 Å². The van der Waals surface area contributed by atoms with Crippen molar-refractivity contribution < 1.29 is 14.3 Å². The van der Waals surface area contributed by atoms with Gasteiger partial charge in [-0.15, -0.1) is 0 Å². The zero-order valence-electron chi connectivity index (χ0n) is 18.1. The highest BCUT2D eigenvalue weighted by molar-refractivity contribution is 6.00. The highest BCUT2D eigenvalue weighted by Gasteiger charge is 2.20. The lowest BCUT2D eigenvalue weighted by atomic mass is 10.0. The van der Waals surface area contributed by atoms with Gasteiger partial charge in [0.2, 0.25) is 0 Å². The molecular weight excluding hydrogens is 398 g/mol. The number of benzene rings is 3. The maximum Gasteiger partial charge on any atom is 0.338 e. The van der Waals surface area contributed by atoms with Gasteiger partial charge in [0.05, 0.1) is 5.56 Å². The molecule has 0 radical (unpaired) electrons. The monoisotopic (exact) mass is 421 g/mol. The predicted molar refractivity (Wildman–Crippen MR) is 125 cm³/mol. The van der Waals surface area contributed by atoms with E-state index in [9.17, 15) is 9.59 Å². The van der Waals surface area contributed by atoms with Gasteiger partial charge in [-0.3, -0.25) is 4.79 Å². The Kier molecular flexibility index (Phi) is 4.98. The first kappa shape index (κ1) is 20.0. The Morgan fingerprint density at radius 1 is 0.781 bits per heavy atom. The second-order valence-electron chi connectivity index (χ2n) is 8.20. The minimum Gasteiger partial charge on any atom is -0.454 e. The maximum absolute atomic E-state index is 12.7. The highest BCUT2D eigenvalue weighted by Crippen LogP contribution is 2.36. The zero-order valence-corrected chi connectivity index (χ0v) is 18.1. The Hall–Kier alpha value is -3.92. The van der Waals surface area contributed by atoms with E-state index in [-0.39, 0.29) is 12.4 Å². The standard InChI is InChI=1S/C28H23NO3/c1-18-7-8-19(2)29(18)24-13-11-20(12-14-24)28(31)32-17-27(30)23-10-9-22-15-21-5-3-4-6-25(21)26(22)16-23/h3-14,16H,15,17H2,1-2H3. The Morgan fingerprint density at radius 3 is 2.19 bits per heavy atom. The number of ketones is 1. The summed E-state index contributed by atoms with van der Waals surface area (Å²) >= 11 is 0. The molecule has 0 amide bonds. The number of fused-ring (bicyclic) bond motifs is 3. The Bertz CT molecular complexity index is 1330. The van der Waals surface area contributed by atoms with Crippen molar-refractivity contribution in [3.63, 3.8) is 0 Å². The van der Waals surface area contributed by atoms with Crippen molar-refractivity contribution in [2.75, 3.05) is 6.61 Å². The Labute approximate surface area is 187 Å². The van der Waals surface area contributed by atoms with Crippen molar-refractivity contribution in [2.45, 2.75) is 20.3 Å². The minimum absolute atomic E-state index is 0.208. The van der Waals surface area contributed by atoms with E-state index in [2.05, 4.69) is 28.8 Å². The van der Waals surface area contributed by atoms with Gasteiger partial charge in [0.15, 0.2) is 12.4 Å². The highest BCUT2D eigenvalue weighted by atomic mass is 16.5. The van der Waals surface area contributed by atoms with Gasteiger partial charge in [0.1, 0.15) is 0 Å². The number of nitrogens with zero attached hydrogens (tertiary/aromatic N) is 1. The van der Waals surface area contributed by atoms with Crippen molar-refractivity contribution in [2.24, 2.45) is 0 Å². The van der Waals surface area contributed by atoms with Crippen LogP contribution in [0.3, 0.4) is 0 Å². The molecule has 158 valence electrons. The predicted octanol–water partition coefficient (Wildman–Crippen LogP) is 5.71. The van der Waals surface area contributed by atoms with Gasteiger partial charge < -0.3 is 9.30 Å². The number of aryl methyl sites for hydroxylation is 2. The lowest BCUT2D eigenvalue weighted by molar-refractivity contribution is 0.0475. The van der Waals surface area contributed by atoms with Crippen molar-refractivity contribution in [1.29, 1.82) is 0 Å². The number of carbonyl (C=O) groups excluding carboxylic acids is 2. The molecule has 1 heterocycles. The Morgan fingerprint density at radius 2 is 1.44 bits per heavy atom. The van der Waals surface area contributed by atoms with Gasteiger partial charge in [-0.1, -0.05) is 36.4 Å². The van der Waals surface area contributed by atoms with Crippen molar-refractivity contribution in [3.8, 4) is 16.8 Å². The zero-order chi connectivity index (χ0) is 22.2. The molecule has 0 aliphatic heterocycles. The van der Waals surface area contributed by atoms with E-state index < -0.39 is 5.97 Å². The number of carbonyl (C=O) groups is 2. The number of ether oxygens (including phenoxy) is 1. The quantitative estimate of drug-likeness (QED) is 0.270. The number of hydrogen-bond acceptors (Lipinski definition) is 3. The van der Waals surface area contributed by atoms with Crippen LogP contribution in [0.5, 0.6) is 0 Å². The minimum atomic E-state index is -0.502. The van der Waals surface area contributed by atoms with Crippen molar-refractivity contribution >= 4 is 11.8 Å². The molecule has 0 N–H and O–H groups in total. The summed E-state index contributed by atoms with van der Waals surface area (Å²) in [7, 11) is 0. The van der Waals surface area contributed by atoms with Crippen LogP contribution in [0.1, 0.15) is 43.2 Å². The van der Waals surface area contributed by atoms with Crippen molar-refractivity contribution in [3.05, 3.63) is 113 Å². The molecule has 32 heavy (non-hydrogen) atoms. The number of Topliss-reactive ketones (excluding diaryl/α,β-unsaturated/α-hetero) is 1. The third kappa shape index (κ3) is 3.54. The van der Waals surface area contributed by atoms with Crippen LogP contribution in [-0.4, -0.2) is 22.9 Å². The lowest BCUT2D eigenvalue weighted by Gasteiger charge is -2.10. The molecule has 1 aliphatic carbocycles. The molecule has 0 spiro atoms. The third-order valence-corrected chi connectivity index (χ3v) is 6.09. The number of hydrogen-bond donors (Lipinski definition) is 0. The summed E-state index contributed by atoms with van der Waals surface area (Å²) in [4.78, 5) is 25.2. The number of aromatic nitrogens is 1. The lowest BCUT2D eigenvalue weighted by Crippen LogP contribution is -2.14. The topological polar surface area (TPSA) is 48.3 Å². The fourth-order valence-electron chi connectivity index (χ4n) is 4.42. The first-order chi connectivity index (χ1) is 15.5.